The predicted molar refractivity (Wildman–Crippen MR) is 107 cm³/mol. The molecule has 5 rings (SSSR count). The molecule has 1 aliphatic rings. The van der Waals surface area contributed by atoms with E-state index in [1.807, 2.05) is 0 Å². The van der Waals surface area contributed by atoms with Crippen LogP contribution in [0.4, 0.5) is 0 Å². The Bertz CT molecular complexity index is 1070. The van der Waals surface area contributed by atoms with Gasteiger partial charge in [0.2, 0.25) is 0 Å². The number of aromatic nitrogens is 4. The second-order valence-corrected chi connectivity index (χ2v) is 7.51. The zero-order chi connectivity index (χ0) is 18.4. The van der Waals surface area contributed by atoms with Crippen LogP contribution in [0.25, 0.3) is 22.6 Å². The number of H-pyrrole nitrogens is 2. The third-order valence-corrected chi connectivity index (χ3v) is 5.59. The first-order valence-corrected chi connectivity index (χ1v) is 9.47. The van der Waals surface area contributed by atoms with Gasteiger partial charge in [-0.2, -0.15) is 5.10 Å². The number of aromatic amines is 2. The van der Waals surface area contributed by atoms with Crippen LogP contribution in [0, 0.1) is 13.8 Å². The second-order valence-electron chi connectivity index (χ2n) is 7.51. The van der Waals surface area contributed by atoms with E-state index in [2.05, 4.69) is 76.4 Å². The Morgan fingerprint density at radius 2 is 1.89 bits per heavy atom. The van der Waals surface area contributed by atoms with Gasteiger partial charge in [-0.25, -0.2) is 4.98 Å². The standard InChI is InChI=1S/C22H23N5/c1-14-10-18-19(11-15(14)2)24-22(23-18)21-17-8-9-27(13-20(17)25-26-21)12-16-6-4-3-5-7-16/h3-7,10-11H,8-9,12-13H2,1-2H3,(H,23,24)(H,25,26). The average Bonchev–Trinajstić information content (AvgIpc) is 3.26. The largest absolute Gasteiger partial charge is 0.337 e. The Balaban J connectivity index is 1.43. The number of hydrogen-bond acceptors (Lipinski definition) is 3. The van der Waals surface area contributed by atoms with Crippen LogP contribution >= 0.6 is 0 Å². The zero-order valence-electron chi connectivity index (χ0n) is 15.7. The maximum atomic E-state index is 4.81. The molecule has 5 nitrogen and oxygen atoms in total. The van der Waals surface area contributed by atoms with Gasteiger partial charge in [0.05, 0.1) is 16.7 Å². The molecule has 136 valence electrons. The Morgan fingerprint density at radius 1 is 1.07 bits per heavy atom. The number of benzene rings is 2. The number of hydrogen-bond donors (Lipinski definition) is 2. The molecule has 1 aliphatic heterocycles. The molecule has 5 heteroatoms. The Hall–Kier alpha value is -2.92. The molecule has 0 fully saturated rings. The molecule has 2 N–H and O–H groups in total. The highest BCUT2D eigenvalue weighted by molar-refractivity contribution is 5.81. The minimum Gasteiger partial charge on any atom is -0.337 e. The van der Waals surface area contributed by atoms with Crippen molar-refractivity contribution in [1.29, 1.82) is 0 Å². The maximum absolute atomic E-state index is 4.81. The molecule has 0 amide bonds. The van der Waals surface area contributed by atoms with Crippen LogP contribution in [0.5, 0.6) is 0 Å². The first-order valence-electron chi connectivity index (χ1n) is 9.47. The summed E-state index contributed by atoms with van der Waals surface area (Å²) in [4.78, 5) is 10.7. The topological polar surface area (TPSA) is 60.6 Å². The van der Waals surface area contributed by atoms with Crippen LogP contribution in [0.1, 0.15) is 27.9 Å². The highest BCUT2D eigenvalue weighted by Gasteiger charge is 2.24. The van der Waals surface area contributed by atoms with Crippen LogP contribution in [-0.2, 0) is 19.5 Å². The van der Waals surface area contributed by atoms with Gasteiger partial charge < -0.3 is 4.98 Å². The number of imidazole rings is 1. The van der Waals surface area contributed by atoms with Gasteiger partial charge in [0, 0.05) is 25.2 Å². The van der Waals surface area contributed by atoms with E-state index in [1.165, 1.54) is 22.3 Å². The third kappa shape index (κ3) is 2.94. The smallest absolute Gasteiger partial charge is 0.156 e. The van der Waals surface area contributed by atoms with E-state index in [4.69, 9.17) is 4.98 Å². The van der Waals surface area contributed by atoms with Crippen LogP contribution in [0.15, 0.2) is 42.5 Å². The second kappa shape index (κ2) is 6.35. The van der Waals surface area contributed by atoms with Crippen molar-refractivity contribution in [3.8, 4) is 11.5 Å². The van der Waals surface area contributed by atoms with E-state index in [-0.39, 0.29) is 0 Å². The molecular formula is C22H23N5. The van der Waals surface area contributed by atoms with Crippen molar-refractivity contribution in [2.24, 2.45) is 0 Å². The van der Waals surface area contributed by atoms with Crippen LogP contribution in [-0.4, -0.2) is 31.6 Å². The molecule has 2 aromatic carbocycles. The summed E-state index contributed by atoms with van der Waals surface area (Å²) in [5.41, 5.74) is 9.46. The molecular weight excluding hydrogens is 334 g/mol. The fraction of sp³-hybridized carbons (Fsp3) is 0.273. The summed E-state index contributed by atoms with van der Waals surface area (Å²) in [6.45, 7) is 7.13. The molecule has 0 spiro atoms. The maximum Gasteiger partial charge on any atom is 0.156 e. The van der Waals surface area contributed by atoms with Gasteiger partial charge in [-0.1, -0.05) is 30.3 Å². The summed E-state index contributed by atoms with van der Waals surface area (Å²) < 4.78 is 0. The van der Waals surface area contributed by atoms with E-state index < -0.39 is 0 Å². The number of nitrogens with one attached hydrogen (secondary N) is 2. The van der Waals surface area contributed by atoms with Gasteiger partial charge in [0.1, 0.15) is 5.69 Å². The van der Waals surface area contributed by atoms with E-state index >= 15 is 0 Å². The molecule has 0 saturated heterocycles. The lowest BCUT2D eigenvalue weighted by molar-refractivity contribution is 0.242. The van der Waals surface area contributed by atoms with Crippen molar-refractivity contribution in [3.05, 3.63) is 70.4 Å². The molecule has 2 aromatic heterocycles. The van der Waals surface area contributed by atoms with E-state index in [9.17, 15) is 0 Å². The van der Waals surface area contributed by atoms with Gasteiger partial charge in [0.25, 0.3) is 0 Å². The van der Waals surface area contributed by atoms with Crippen LogP contribution < -0.4 is 0 Å². The van der Waals surface area contributed by atoms with E-state index in [0.717, 1.165) is 54.3 Å². The quantitative estimate of drug-likeness (QED) is 0.580. The van der Waals surface area contributed by atoms with Crippen molar-refractivity contribution < 1.29 is 0 Å². The summed E-state index contributed by atoms with van der Waals surface area (Å²) >= 11 is 0. The highest BCUT2D eigenvalue weighted by Crippen LogP contribution is 2.29. The monoisotopic (exact) mass is 357 g/mol. The summed E-state index contributed by atoms with van der Waals surface area (Å²) in [6.07, 6.45) is 0.989. The molecule has 0 bridgehead atoms. The minimum atomic E-state index is 0.874. The first-order chi connectivity index (χ1) is 13.2. The van der Waals surface area contributed by atoms with Gasteiger partial charge in [-0.15, -0.1) is 0 Å². The summed E-state index contributed by atoms with van der Waals surface area (Å²) in [5.74, 6) is 0.889. The van der Waals surface area contributed by atoms with E-state index in [0.29, 0.717) is 0 Å². The van der Waals surface area contributed by atoms with Crippen molar-refractivity contribution >= 4 is 11.0 Å². The summed E-state index contributed by atoms with van der Waals surface area (Å²) in [7, 11) is 0. The SMILES string of the molecule is Cc1cc2nc(-c3[nH]nc4c3CCN(Cc3ccccc3)C4)[nH]c2cc1C. The third-order valence-electron chi connectivity index (χ3n) is 5.59. The molecule has 0 unspecified atom stereocenters. The lowest BCUT2D eigenvalue weighted by Gasteiger charge is -2.26. The first kappa shape index (κ1) is 16.3. The van der Waals surface area contributed by atoms with Gasteiger partial charge in [0.15, 0.2) is 5.82 Å². The zero-order valence-corrected chi connectivity index (χ0v) is 15.7. The Morgan fingerprint density at radius 3 is 2.74 bits per heavy atom. The van der Waals surface area contributed by atoms with Gasteiger partial charge >= 0.3 is 0 Å². The number of rotatable bonds is 3. The molecule has 0 atom stereocenters. The van der Waals surface area contributed by atoms with E-state index in [1.54, 1.807) is 0 Å². The van der Waals surface area contributed by atoms with Crippen molar-refractivity contribution in [2.45, 2.75) is 33.4 Å². The van der Waals surface area contributed by atoms with Gasteiger partial charge in [-0.3, -0.25) is 10.00 Å². The van der Waals surface area contributed by atoms with Crippen LogP contribution in [0.3, 0.4) is 0 Å². The highest BCUT2D eigenvalue weighted by atomic mass is 15.2. The average molecular weight is 357 g/mol. The molecule has 0 radical (unpaired) electrons. The molecule has 4 aromatic rings. The lowest BCUT2D eigenvalue weighted by atomic mass is 10.0. The molecule has 3 heterocycles. The van der Waals surface area contributed by atoms with Gasteiger partial charge in [-0.05, 0) is 49.1 Å². The molecule has 0 saturated carbocycles. The van der Waals surface area contributed by atoms with Crippen LogP contribution in [0.2, 0.25) is 0 Å². The van der Waals surface area contributed by atoms with Crippen molar-refractivity contribution in [2.75, 3.05) is 6.54 Å². The number of fused-ring (bicyclic) bond motifs is 2. The number of nitrogens with zero attached hydrogens (tertiary/aromatic N) is 3. The molecule has 0 aliphatic carbocycles. The minimum absolute atomic E-state index is 0.874. The van der Waals surface area contributed by atoms with Crippen molar-refractivity contribution in [1.82, 2.24) is 25.1 Å². The Labute approximate surface area is 158 Å². The lowest BCUT2D eigenvalue weighted by Crippen LogP contribution is -2.30. The normalized spacial score (nSPS) is 14.6. The Kier molecular flexibility index (Phi) is 3.83. The van der Waals surface area contributed by atoms with Crippen molar-refractivity contribution in [3.63, 3.8) is 0 Å². The number of aryl methyl sites for hydroxylation is 2. The fourth-order valence-electron chi connectivity index (χ4n) is 3.92. The fourth-order valence-corrected chi connectivity index (χ4v) is 3.92. The summed E-state index contributed by atoms with van der Waals surface area (Å²) in [5, 5.41) is 7.84. The summed E-state index contributed by atoms with van der Waals surface area (Å²) in [6, 6.07) is 15.0. The molecule has 27 heavy (non-hydrogen) atoms. The predicted octanol–water partition coefficient (Wildman–Crippen LogP) is 4.13.